The Hall–Kier alpha value is -2.91. The van der Waals surface area contributed by atoms with Crippen LogP contribution >= 0.6 is 11.3 Å². The highest BCUT2D eigenvalue weighted by Crippen LogP contribution is 2.45. The molecular weight excluding hydrogens is 454 g/mol. The number of methoxy groups -OCH3 is 2. The first kappa shape index (κ1) is 24.2. The molecule has 1 atom stereocenters. The molecule has 0 radical (unpaired) electrons. The number of para-hydroxylation sites is 1. The van der Waals surface area contributed by atoms with Gasteiger partial charge in [-0.2, -0.15) is 0 Å². The summed E-state index contributed by atoms with van der Waals surface area (Å²) in [5.41, 5.74) is 1.24. The fourth-order valence-electron chi connectivity index (χ4n) is 4.86. The fourth-order valence-corrected chi connectivity index (χ4v) is 5.74. The van der Waals surface area contributed by atoms with Crippen LogP contribution < -0.4 is 9.47 Å². The van der Waals surface area contributed by atoms with E-state index >= 15 is 0 Å². The van der Waals surface area contributed by atoms with E-state index in [0.29, 0.717) is 40.7 Å². The van der Waals surface area contributed by atoms with E-state index in [9.17, 15) is 14.7 Å². The van der Waals surface area contributed by atoms with Crippen molar-refractivity contribution in [3.05, 3.63) is 50.7 Å². The monoisotopic (exact) mass is 485 g/mol. The number of aryl methyl sites for hydroxylation is 2. The molecule has 0 aliphatic carbocycles. The van der Waals surface area contributed by atoms with Gasteiger partial charge >= 0.3 is 0 Å². The standard InChI is InChI=1S/C25H31N3O5S/c1-15-24(34-16(2)26-15)21(29)19-20(17-9-8-10-18(32-3)23(17)33-4)28(25(31)22(19)30)14-13-27-11-6-5-7-12-27/h8-10,20,30H,5-7,11-14H2,1-4H3. The molecule has 1 aromatic carbocycles. The average Bonchev–Trinajstić information content (AvgIpc) is 3.32. The van der Waals surface area contributed by atoms with Crippen LogP contribution in [0.25, 0.3) is 0 Å². The highest BCUT2D eigenvalue weighted by Gasteiger charge is 2.45. The summed E-state index contributed by atoms with van der Waals surface area (Å²) in [6.45, 7) is 6.61. The number of ether oxygens (including phenoxy) is 2. The molecule has 4 rings (SSSR count). The molecule has 0 spiro atoms. The van der Waals surface area contributed by atoms with Crippen LogP contribution in [0.15, 0.2) is 29.5 Å². The molecule has 0 saturated carbocycles. The van der Waals surface area contributed by atoms with Crippen LogP contribution in [0.5, 0.6) is 11.5 Å². The molecule has 0 bridgehead atoms. The minimum absolute atomic E-state index is 0.0574. The third-order valence-electron chi connectivity index (χ3n) is 6.49. The number of carbonyl (C=O) groups excluding carboxylic acids is 2. The van der Waals surface area contributed by atoms with Crippen molar-refractivity contribution in [2.45, 2.75) is 39.2 Å². The predicted octanol–water partition coefficient (Wildman–Crippen LogP) is 3.84. The van der Waals surface area contributed by atoms with Gasteiger partial charge in [-0.05, 0) is 45.8 Å². The van der Waals surface area contributed by atoms with Crippen molar-refractivity contribution >= 4 is 23.0 Å². The van der Waals surface area contributed by atoms with Gasteiger partial charge in [-0.1, -0.05) is 18.6 Å². The number of hydrogen-bond acceptors (Lipinski definition) is 8. The number of aliphatic hydroxyl groups excluding tert-OH is 1. The van der Waals surface area contributed by atoms with E-state index in [1.54, 1.807) is 31.1 Å². The first-order chi connectivity index (χ1) is 16.4. The third kappa shape index (κ3) is 4.42. The summed E-state index contributed by atoms with van der Waals surface area (Å²) in [5.74, 6) is -0.517. The molecule has 1 aromatic heterocycles. The lowest BCUT2D eigenvalue weighted by Crippen LogP contribution is -2.40. The minimum atomic E-state index is -0.795. The van der Waals surface area contributed by atoms with Crippen LogP contribution in [-0.2, 0) is 4.79 Å². The summed E-state index contributed by atoms with van der Waals surface area (Å²) in [6.07, 6.45) is 3.49. The molecular formula is C25H31N3O5S. The lowest BCUT2D eigenvalue weighted by molar-refractivity contribution is -0.129. The van der Waals surface area contributed by atoms with Crippen LogP contribution in [0.2, 0.25) is 0 Å². The van der Waals surface area contributed by atoms with Gasteiger partial charge in [0.25, 0.3) is 5.91 Å². The molecule has 1 N–H and O–H groups in total. The molecule has 1 saturated heterocycles. The van der Waals surface area contributed by atoms with E-state index in [-0.39, 0.29) is 11.4 Å². The van der Waals surface area contributed by atoms with Crippen molar-refractivity contribution in [3.8, 4) is 11.5 Å². The fraction of sp³-hybridized carbons (Fsp3) is 0.480. The maximum Gasteiger partial charge on any atom is 0.290 e. The molecule has 9 heteroatoms. The Morgan fingerprint density at radius 2 is 1.88 bits per heavy atom. The number of hydrogen-bond donors (Lipinski definition) is 1. The second kappa shape index (κ2) is 10.1. The Labute approximate surface area is 203 Å². The number of benzene rings is 1. The van der Waals surface area contributed by atoms with Crippen LogP contribution in [0.1, 0.15) is 51.2 Å². The number of carbonyl (C=O) groups is 2. The van der Waals surface area contributed by atoms with E-state index < -0.39 is 17.7 Å². The number of nitrogens with zero attached hydrogens (tertiary/aromatic N) is 3. The van der Waals surface area contributed by atoms with E-state index in [1.165, 1.54) is 24.9 Å². The molecule has 2 aliphatic heterocycles. The van der Waals surface area contributed by atoms with Crippen LogP contribution in [0.3, 0.4) is 0 Å². The van der Waals surface area contributed by atoms with Gasteiger partial charge in [-0.15, -0.1) is 11.3 Å². The maximum absolute atomic E-state index is 13.7. The number of amides is 1. The van der Waals surface area contributed by atoms with Crippen molar-refractivity contribution < 1.29 is 24.2 Å². The summed E-state index contributed by atoms with van der Waals surface area (Å²) < 4.78 is 11.1. The van der Waals surface area contributed by atoms with Gasteiger partial charge in [0.15, 0.2) is 17.3 Å². The Balaban J connectivity index is 1.78. The Morgan fingerprint density at radius 3 is 2.50 bits per heavy atom. The SMILES string of the molecule is COc1cccc(C2C(C(=O)c3sc(C)nc3C)=C(O)C(=O)N2CCN2CCCCC2)c1OC. The molecule has 2 aromatic rings. The first-order valence-corrected chi connectivity index (χ1v) is 12.3. The first-order valence-electron chi connectivity index (χ1n) is 11.5. The van der Waals surface area contributed by atoms with Gasteiger partial charge < -0.3 is 24.4 Å². The van der Waals surface area contributed by atoms with Gasteiger partial charge in [-0.3, -0.25) is 9.59 Å². The summed E-state index contributed by atoms with van der Waals surface area (Å²) >= 11 is 1.26. The second-order valence-electron chi connectivity index (χ2n) is 8.62. The molecule has 1 unspecified atom stereocenters. The van der Waals surface area contributed by atoms with Crippen LogP contribution in [0.4, 0.5) is 0 Å². The molecule has 3 heterocycles. The lowest BCUT2D eigenvalue weighted by Gasteiger charge is -2.32. The summed E-state index contributed by atoms with van der Waals surface area (Å²) in [6, 6.07) is 4.57. The minimum Gasteiger partial charge on any atom is -0.503 e. The average molecular weight is 486 g/mol. The molecule has 34 heavy (non-hydrogen) atoms. The second-order valence-corrected chi connectivity index (χ2v) is 9.83. The zero-order valence-corrected chi connectivity index (χ0v) is 20.9. The van der Waals surface area contributed by atoms with E-state index in [2.05, 4.69) is 9.88 Å². The van der Waals surface area contributed by atoms with Crippen molar-refractivity contribution in [3.63, 3.8) is 0 Å². The Kier molecular flexibility index (Phi) is 7.23. The van der Waals surface area contributed by atoms with Gasteiger partial charge in [0, 0.05) is 18.7 Å². The number of Topliss-reactive ketones (excluding diaryl/α,β-unsaturated/α-hetero) is 1. The third-order valence-corrected chi connectivity index (χ3v) is 7.56. The van der Waals surface area contributed by atoms with E-state index in [1.807, 2.05) is 13.0 Å². The highest BCUT2D eigenvalue weighted by atomic mass is 32.1. The van der Waals surface area contributed by atoms with Crippen molar-refractivity contribution in [2.24, 2.45) is 0 Å². The molecule has 8 nitrogen and oxygen atoms in total. The maximum atomic E-state index is 13.7. The smallest absolute Gasteiger partial charge is 0.290 e. The Bertz CT molecular complexity index is 1120. The molecule has 1 amide bonds. The highest BCUT2D eigenvalue weighted by molar-refractivity contribution is 7.14. The predicted molar refractivity (Wildman–Crippen MR) is 130 cm³/mol. The van der Waals surface area contributed by atoms with E-state index in [0.717, 1.165) is 30.9 Å². The summed E-state index contributed by atoms with van der Waals surface area (Å²) in [7, 11) is 3.07. The Morgan fingerprint density at radius 1 is 1.15 bits per heavy atom. The van der Waals surface area contributed by atoms with Gasteiger partial charge in [-0.25, -0.2) is 4.98 Å². The quantitative estimate of drug-likeness (QED) is 0.568. The zero-order valence-electron chi connectivity index (χ0n) is 20.1. The largest absolute Gasteiger partial charge is 0.503 e. The summed E-state index contributed by atoms with van der Waals surface area (Å²) in [5, 5.41) is 11.7. The molecule has 182 valence electrons. The molecule has 2 aliphatic rings. The number of thiazole rings is 1. The number of rotatable bonds is 8. The van der Waals surface area contributed by atoms with Crippen molar-refractivity contribution in [2.75, 3.05) is 40.4 Å². The normalized spacial score (nSPS) is 19.1. The number of likely N-dealkylation sites (tertiary alicyclic amines) is 1. The number of aliphatic hydroxyl groups is 1. The van der Waals surface area contributed by atoms with Gasteiger partial charge in [0.05, 0.1) is 41.4 Å². The topological polar surface area (TPSA) is 92.2 Å². The van der Waals surface area contributed by atoms with Gasteiger partial charge in [0.2, 0.25) is 5.78 Å². The zero-order chi connectivity index (χ0) is 24.4. The van der Waals surface area contributed by atoms with Crippen molar-refractivity contribution in [1.29, 1.82) is 0 Å². The van der Waals surface area contributed by atoms with Gasteiger partial charge in [0.1, 0.15) is 0 Å². The number of ketones is 1. The van der Waals surface area contributed by atoms with Crippen LogP contribution in [0, 0.1) is 13.8 Å². The van der Waals surface area contributed by atoms with Crippen molar-refractivity contribution in [1.82, 2.24) is 14.8 Å². The summed E-state index contributed by atoms with van der Waals surface area (Å²) in [4.78, 5) is 35.7. The lowest BCUT2D eigenvalue weighted by atomic mass is 9.94. The number of aromatic nitrogens is 1. The van der Waals surface area contributed by atoms with E-state index in [4.69, 9.17) is 9.47 Å². The number of piperidine rings is 1. The molecule has 1 fully saturated rings. The van der Waals surface area contributed by atoms with Crippen LogP contribution in [-0.4, -0.2) is 72.0 Å².